The van der Waals surface area contributed by atoms with Crippen LogP contribution in [0.5, 0.6) is 0 Å². The van der Waals surface area contributed by atoms with Gasteiger partial charge >= 0.3 is 0 Å². The van der Waals surface area contributed by atoms with Crippen LogP contribution >= 0.6 is 22.7 Å². The molecule has 0 aliphatic heterocycles. The van der Waals surface area contributed by atoms with Gasteiger partial charge < -0.3 is 0 Å². The fraction of sp³-hybridized carbons (Fsp3) is 0. The van der Waals surface area contributed by atoms with E-state index in [4.69, 9.17) is 0 Å². The fourth-order valence-corrected chi connectivity index (χ4v) is 3.56. The van der Waals surface area contributed by atoms with Crippen molar-refractivity contribution < 1.29 is 4.92 Å². The molecule has 0 saturated carbocycles. The largest absolute Gasteiger partial charge is 0.269 e. The maximum absolute atomic E-state index is 10.7. The molecule has 0 radical (unpaired) electrons. The molecule has 0 atom stereocenters. The van der Waals surface area contributed by atoms with E-state index in [9.17, 15) is 10.1 Å². The summed E-state index contributed by atoms with van der Waals surface area (Å²) < 4.78 is 1.70. The minimum absolute atomic E-state index is 0.0611. The molecule has 108 valence electrons. The molecule has 4 aromatic rings. The summed E-state index contributed by atoms with van der Waals surface area (Å²) in [5.74, 6) is 0.703. The average Bonchev–Trinajstić information content (AvgIpc) is 3.23. The lowest BCUT2D eigenvalue weighted by atomic mass is 10.2. The zero-order valence-corrected chi connectivity index (χ0v) is 12.5. The van der Waals surface area contributed by atoms with Crippen molar-refractivity contribution in [2.45, 2.75) is 0 Å². The highest BCUT2D eigenvalue weighted by molar-refractivity contribution is 7.19. The SMILES string of the molecule is O=[N+]([O-])c1ccc(-c2nn3c(-c4cccs4)nnc3s2)cc1. The summed E-state index contributed by atoms with van der Waals surface area (Å²) in [6.45, 7) is 0. The highest BCUT2D eigenvalue weighted by Gasteiger charge is 2.15. The van der Waals surface area contributed by atoms with Gasteiger partial charge in [-0.2, -0.15) is 9.61 Å². The molecular weight excluding hydrogens is 322 g/mol. The second-order valence-corrected chi connectivity index (χ2v) is 6.31. The molecule has 1 aromatic carbocycles. The van der Waals surface area contributed by atoms with E-state index in [0.29, 0.717) is 10.8 Å². The van der Waals surface area contributed by atoms with E-state index < -0.39 is 4.92 Å². The Labute approximate surface area is 131 Å². The molecule has 7 nitrogen and oxygen atoms in total. The first-order valence-electron chi connectivity index (χ1n) is 6.23. The van der Waals surface area contributed by atoms with Gasteiger partial charge in [-0.15, -0.1) is 21.5 Å². The maximum atomic E-state index is 10.7. The highest BCUT2D eigenvalue weighted by atomic mass is 32.1. The summed E-state index contributed by atoms with van der Waals surface area (Å²) in [6.07, 6.45) is 0. The minimum atomic E-state index is -0.419. The number of aromatic nitrogens is 4. The summed E-state index contributed by atoms with van der Waals surface area (Å²) in [5, 5.41) is 26.2. The van der Waals surface area contributed by atoms with Crippen LogP contribution in [0.25, 0.3) is 26.2 Å². The van der Waals surface area contributed by atoms with Gasteiger partial charge in [0.25, 0.3) is 5.69 Å². The minimum Gasteiger partial charge on any atom is -0.258 e. The second-order valence-electron chi connectivity index (χ2n) is 4.41. The van der Waals surface area contributed by atoms with E-state index in [1.54, 1.807) is 28.0 Å². The van der Waals surface area contributed by atoms with Gasteiger partial charge in [0.15, 0.2) is 5.82 Å². The third kappa shape index (κ3) is 2.07. The Morgan fingerprint density at radius 1 is 1.14 bits per heavy atom. The summed E-state index contributed by atoms with van der Waals surface area (Å²) in [6, 6.07) is 10.2. The second kappa shape index (κ2) is 4.97. The number of nitrogens with zero attached hydrogens (tertiary/aromatic N) is 5. The topological polar surface area (TPSA) is 86.2 Å². The van der Waals surface area contributed by atoms with Gasteiger partial charge in [-0.05, 0) is 23.6 Å². The van der Waals surface area contributed by atoms with Crippen LogP contribution in [0.2, 0.25) is 0 Å². The van der Waals surface area contributed by atoms with Gasteiger partial charge in [0.2, 0.25) is 4.96 Å². The first-order valence-corrected chi connectivity index (χ1v) is 7.93. The van der Waals surface area contributed by atoms with E-state index in [1.165, 1.54) is 23.5 Å². The smallest absolute Gasteiger partial charge is 0.258 e. The molecule has 0 spiro atoms. The Bertz CT molecular complexity index is 956. The molecule has 9 heteroatoms. The Kier molecular flexibility index (Phi) is 2.94. The normalized spacial score (nSPS) is 11.1. The number of thiophene rings is 1. The van der Waals surface area contributed by atoms with Crippen LogP contribution in [-0.4, -0.2) is 24.7 Å². The van der Waals surface area contributed by atoms with Gasteiger partial charge in [-0.25, -0.2) is 0 Å². The van der Waals surface area contributed by atoms with Crippen molar-refractivity contribution in [3.8, 4) is 21.3 Å². The molecule has 3 aromatic heterocycles. The summed E-state index contributed by atoms with van der Waals surface area (Å²) in [4.78, 5) is 12.0. The number of nitro benzene ring substituents is 1. The highest BCUT2D eigenvalue weighted by Crippen LogP contribution is 2.30. The Hall–Kier alpha value is -2.65. The molecule has 0 unspecified atom stereocenters. The van der Waals surface area contributed by atoms with Crippen LogP contribution < -0.4 is 0 Å². The molecule has 3 heterocycles. The van der Waals surface area contributed by atoms with E-state index in [-0.39, 0.29) is 5.69 Å². The molecule has 0 aliphatic rings. The Balaban J connectivity index is 1.78. The van der Waals surface area contributed by atoms with Crippen LogP contribution in [0.1, 0.15) is 0 Å². The zero-order valence-electron chi connectivity index (χ0n) is 10.9. The Morgan fingerprint density at radius 3 is 2.64 bits per heavy atom. The number of hydrogen-bond acceptors (Lipinski definition) is 7. The summed E-state index contributed by atoms with van der Waals surface area (Å²) >= 11 is 2.97. The molecular formula is C13H7N5O2S2. The third-order valence-electron chi connectivity index (χ3n) is 3.06. The van der Waals surface area contributed by atoms with E-state index >= 15 is 0 Å². The van der Waals surface area contributed by atoms with Crippen molar-refractivity contribution in [2.75, 3.05) is 0 Å². The molecule has 0 amide bonds. The number of rotatable bonds is 3. The van der Waals surface area contributed by atoms with Gasteiger partial charge in [0, 0.05) is 17.7 Å². The predicted molar refractivity (Wildman–Crippen MR) is 84.1 cm³/mol. The van der Waals surface area contributed by atoms with Crippen molar-refractivity contribution in [2.24, 2.45) is 0 Å². The van der Waals surface area contributed by atoms with E-state index in [2.05, 4.69) is 15.3 Å². The number of fused-ring (bicyclic) bond motifs is 1. The Morgan fingerprint density at radius 2 is 1.95 bits per heavy atom. The average molecular weight is 329 g/mol. The van der Waals surface area contributed by atoms with Gasteiger partial charge in [0.05, 0.1) is 9.80 Å². The van der Waals surface area contributed by atoms with Gasteiger partial charge in [0.1, 0.15) is 5.01 Å². The quantitative estimate of drug-likeness (QED) is 0.424. The summed E-state index contributed by atoms with van der Waals surface area (Å²) in [5.41, 5.74) is 0.879. The summed E-state index contributed by atoms with van der Waals surface area (Å²) in [7, 11) is 0. The standard InChI is InChI=1S/C13H7N5O2S2/c19-18(20)9-5-3-8(4-6-9)12-16-17-11(10-2-1-7-21-10)14-15-13(17)22-12/h1-7H. The lowest BCUT2D eigenvalue weighted by Gasteiger charge is -1.95. The third-order valence-corrected chi connectivity index (χ3v) is 4.87. The monoisotopic (exact) mass is 329 g/mol. The molecule has 4 rings (SSSR count). The first kappa shape index (κ1) is 13.0. The predicted octanol–water partition coefficient (Wildman–Crippen LogP) is 3.49. The molecule has 22 heavy (non-hydrogen) atoms. The number of non-ortho nitro benzene ring substituents is 1. The van der Waals surface area contributed by atoms with Crippen molar-refractivity contribution in [3.63, 3.8) is 0 Å². The number of hydrogen-bond donors (Lipinski definition) is 0. The lowest BCUT2D eigenvalue weighted by molar-refractivity contribution is -0.384. The van der Waals surface area contributed by atoms with E-state index in [0.717, 1.165) is 15.4 Å². The molecule has 0 N–H and O–H groups in total. The number of benzene rings is 1. The van der Waals surface area contributed by atoms with Crippen molar-refractivity contribution in [1.82, 2.24) is 19.8 Å². The van der Waals surface area contributed by atoms with Gasteiger partial charge in [-0.1, -0.05) is 17.4 Å². The fourth-order valence-electron chi connectivity index (χ4n) is 2.02. The van der Waals surface area contributed by atoms with Crippen molar-refractivity contribution in [1.29, 1.82) is 0 Å². The van der Waals surface area contributed by atoms with Crippen LogP contribution in [0, 0.1) is 10.1 Å². The first-order chi connectivity index (χ1) is 10.7. The van der Waals surface area contributed by atoms with Crippen molar-refractivity contribution >= 4 is 33.3 Å². The van der Waals surface area contributed by atoms with Crippen molar-refractivity contribution in [3.05, 3.63) is 51.9 Å². The van der Waals surface area contributed by atoms with Crippen LogP contribution in [0.4, 0.5) is 5.69 Å². The van der Waals surface area contributed by atoms with Crippen LogP contribution in [0.3, 0.4) is 0 Å². The zero-order chi connectivity index (χ0) is 15.1. The van der Waals surface area contributed by atoms with Crippen LogP contribution in [0.15, 0.2) is 41.8 Å². The van der Waals surface area contributed by atoms with E-state index in [1.807, 2.05) is 17.5 Å². The molecule has 0 fully saturated rings. The molecule has 0 aliphatic carbocycles. The van der Waals surface area contributed by atoms with Gasteiger partial charge in [-0.3, -0.25) is 10.1 Å². The number of nitro groups is 1. The molecule has 0 bridgehead atoms. The van der Waals surface area contributed by atoms with Crippen LogP contribution in [-0.2, 0) is 0 Å². The lowest BCUT2D eigenvalue weighted by Crippen LogP contribution is -1.90. The molecule has 0 saturated heterocycles. The maximum Gasteiger partial charge on any atom is 0.269 e.